The molecule has 260 valence electrons. The number of hydrogen-bond donors (Lipinski definition) is 0. The maximum absolute atomic E-state index is 5.32. The summed E-state index contributed by atoms with van der Waals surface area (Å²) in [5.41, 5.74) is 16.6. The Kier molecular flexibility index (Phi) is 8.90. The quantitative estimate of drug-likeness (QED) is 0.112. The Morgan fingerprint density at radius 3 is 2.28 bits per heavy atom. The SMILES string of the molecule is C=C/C=C(\C=C1\C=Cc2ccccc2C1)C(/N=C)=C1\CC2=C(C=CC(c3cccc(-n4c5ccccc5c5ccccc54)c3)C2)C1=NCc1ccccc1. The monoisotopic (exact) mass is 695 g/mol. The number of aromatic nitrogens is 1. The third-order valence-corrected chi connectivity index (χ3v) is 11.0. The van der Waals surface area contributed by atoms with Gasteiger partial charge in [-0.2, -0.15) is 0 Å². The van der Waals surface area contributed by atoms with Crippen LogP contribution in [0.15, 0.2) is 214 Å². The molecule has 3 aliphatic carbocycles. The summed E-state index contributed by atoms with van der Waals surface area (Å²) < 4.78 is 2.40. The number of benzene rings is 5. The maximum atomic E-state index is 5.32. The number of rotatable bonds is 8. The summed E-state index contributed by atoms with van der Waals surface area (Å²) in [5.74, 6) is 0.240. The van der Waals surface area contributed by atoms with Crippen LogP contribution in [-0.2, 0) is 13.0 Å². The van der Waals surface area contributed by atoms with E-state index < -0.39 is 0 Å². The van der Waals surface area contributed by atoms with Gasteiger partial charge in [-0.1, -0.05) is 152 Å². The van der Waals surface area contributed by atoms with Crippen molar-refractivity contribution in [2.45, 2.75) is 31.7 Å². The van der Waals surface area contributed by atoms with E-state index in [1.54, 1.807) is 0 Å². The van der Waals surface area contributed by atoms with Gasteiger partial charge in [-0.3, -0.25) is 9.98 Å². The summed E-state index contributed by atoms with van der Waals surface area (Å²) in [5, 5.41) is 2.55. The molecule has 5 aromatic carbocycles. The van der Waals surface area contributed by atoms with Crippen molar-refractivity contribution in [1.82, 2.24) is 4.57 Å². The van der Waals surface area contributed by atoms with Crippen LogP contribution >= 0.6 is 0 Å². The maximum Gasteiger partial charge on any atom is 0.0751 e. The van der Waals surface area contributed by atoms with Crippen molar-refractivity contribution in [2.75, 3.05) is 0 Å². The zero-order valence-corrected chi connectivity index (χ0v) is 30.3. The molecule has 1 aromatic heterocycles. The van der Waals surface area contributed by atoms with Crippen LogP contribution < -0.4 is 0 Å². The highest BCUT2D eigenvalue weighted by atomic mass is 15.0. The number of aliphatic imine (C=N–C) groups is 2. The lowest BCUT2D eigenvalue weighted by molar-refractivity contribution is 0.794. The van der Waals surface area contributed by atoms with Crippen LogP contribution in [-0.4, -0.2) is 17.0 Å². The Morgan fingerprint density at radius 1 is 0.759 bits per heavy atom. The van der Waals surface area contributed by atoms with Crippen LogP contribution in [0.4, 0.5) is 0 Å². The van der Waals surface area contributed by atoms with Gasteiger partial charge in [0.05, 0.1) is 29.0 Å². The molecule has 1 atom stereocenters. The van der Waals surface area contributed by atoms with Crippen molar-refractivity contribution in [2.24, 2.45) is 9.98 Å². The Bertz CT molecular complexity index is 2630. The topological polar surface area (TPSA) is 29.6 Å². The number of hydrogen-bond acceptors (Lipinski definition) is 2. The summed E-state index contributed by atoms with van der Waals surface area (Å²) in [6.45, 7) is 8.80. The van der Waals surface area contributed by atoms with E-state index in [0.717, 1.165) is 41.8 Å². The minimum atomic E-state index is 0.240. The van der Waals surface area contributed by atoms with Gasteiger partial charge < -0.3 is 4.57 Å². The fourth-order valence-electron chi connectivity index (χ4n) is 8.42. The van der Waals surface area contributed by atoms with Gasteiger partial charge >= 0.3 is 0 Å². The molecule has 0 saturated heterocycles. The van der Waals surface area contributed by atoms with Crippen molar-refractivity contribution < 1.29 is 0 Å². The summed E-state index contributed by atoms with van der Waals surface area (Å²) in [6, 6.07) is 45.6. The largest absolute Gasteiger partial charge is 0.309 e. The van der Waals surface area contributed by atoms with Crippen molar-refractivity contribution in [3.63, 3.8) is 0 Å². The molecule has 54 heavy (non-hydrogen) atoms. The van der Waals surface area contributed by atoms with E-state index >= 15 is 0 Å². The lowest BCUT2D eigenvalue weighted by atomic mass is 9.86. The first-order chi connectivity index (χ1) is 26.7. The first kappa shape index (κ1) is 33.3. The zero-order chi connectivity index (χ0) is 36.4. The van der Waals surface area contributed by atoms with Gasteiger partial charge in [0.15, 0.2) is 0 Å². The molecular weight excluding hydrogens is 655 g/mol. The van der Waals surface area contributed by atoms with Crippen LogP contribution in [0, 0.1) is 0 Å². The van der Waals surface area contributed by atoms with Crippen molar-refractivity contribution >= 4 is 40.3 Å². The van der Waals surface area contributed by atoms with Gasteiger partial charge in [0.25, 0.3) is 0 Å². The highest BCUT2D eigenvalue weighted by molar-refractivity contribution is 6.18. The molecule has 1 heterocycles. The number of allylic oxidation sites excluding steroid dienone is 10. The normalized spacial score (nSPS) is 19.1. The van der Waals surface area contributed by atoms with Gasteiger partial charge in [0.1, 0.15) is 0 Å². The molecule has 0 bridgehead atoms. The second-order valence-electron chi connectivity index (χ2n) is 14.3. The summed E-state index contributed by atoms with van der Waals surface area (Å²) in [4.78, 5) is 10.1. The van der Waals surface area contributed by atoms with Crippen LogP contribution in [0.1, 0.15) is 41.0 Å². The van der Waals surface area contributed by atoms with E-state index in [1.807, 2.05) is 6.08 Å². The van der Waals surface area contributed by atoms with Gasteiger partial charge in [-0.05, 0) is 89.7 Å². The van der Waals surface area contributed by atoms with E-state index in [1.165, 1.54) is 66.5 Å². The fraction of sp³-hybridized carbons (Fsp3) is 0.0980. The second-order valence-corrected chi connectivity index (χ2v) is 14.3. The molecule has 0 spiro atoms. The van der Waals surface area contributed by atoms with Gasteiger partial charge in [0.2, 0.25) is 0 Å². The van der Waals surface area contributed by atoms with E-state index in [2.05, 4.69) is 182 Å². The molecule has 0 amide bonds. The van der Waals surface area contributed by atoms with Crippen molar-refractivity contribution in [1.29, 1.82) is 0 Å². The van der Waals surface area contributed by atoms with Gasteiger partial charge in [-0.15, -0.1) is 0 Å². The minimum Gasteiger partial charge on any atom is -0.309 e. The van der Waals surface area contributed by atoms with Crippen LogP contribution in [0.5, 0.6) is 0 Å². The fourth-order valence-corrected chi connectivity index (χ4v) is 8.42. The van der Waals surface area contributed by atoms with E-state index in [9.17, 15) is 0 Å². The van der Waals surface area contributed by atoms with Gasteiger partial charge in [-0.25, -0.2) is 0 Å². The Morgan fingerprint density at radius 2 is 1.50 bits per heavy atom. The lowest BCUT2D eigenvalue weighted by Crippen LogP contribution is -2.07. The number of fused-ring (bicyclic) bond motifs is 4. The first-order valence-electron chi connectivity index (χ1n) is 18.8. The Balaban J connectivity index is 1.08. The van der Waals surface area contributed by atoms with Crippen molar-refractivity contribution in [3.8, 4) is 5.69 Å². The predicted octanol–water partition coefficient (Wildman–Crippen LogP) is 12.4. The molecule has 0 N–H and O–H groups in total. The number of para-hydroxylation sites is 2. The molecule has 3 heteroatoms. The molecule has 3 nitrogen and oxygen atoms in total. The molecule has 6 aromatic rings. The first-order valence-corrected chi connectivity index (χ1v) is 18.8. The van der Waals surface area contributed by atoms with Crippen LogP contribution in [0.3, 0.4) is 0 Å². The van der Waals surface area contributed by atoms with Crippen LogP contribution in [0.2, 0.25) is 0 Å². The average molecular weight is 696 g/mol. The minimum absolute atomic E-state index is 0.240. The predicted molar refractivity (Wildman–Crippen MR) is 229 cm³/mol. The number of nitrogens with zero attached hydrogens (tertiary/aromatic N) is 3. The van der Waals surface area contributed by atoms with E-state index in [4.69, 9.17) is 9.98 Å². The zero-order valence-electron chi connectivity index (χ0n) is 30.3. The average Bonchev–Trinajstić information content (AvgIpc) is 3.76. The third-order valence-electron chi connectivity index (χ3n) is 11.0. The molecule has 9 rings (SSSR count). The molecule has 1 unspecified atom stereocenters. The van der Waals surface area contributed by atoms with E-state index in [-0.39, 0.29) is 5.92 Å². The summed E-state index contributed by atoms with van der Waals surface area (Å²) in [7, 11) is 0. The standard InChI is InChI=1S/C51H41N3/c1-3-14-41(30-36-25-26-37-17-7-8-18-38(37)29-36)50(52-2)47-33-42-31-40(27-28-44(42)51(47)53-34-35-15-5-4-6-16-35)39-19-13-20-43(32-39)54-48-23-11-9-21-45(48)46-22-10-12-24-49(46)54/h3-28,30,32,40H,1-2,29,31,33-34H2/b36-30-,41-14+,50-47-,53-51?. The molecule has 0 saturated carbocycles. The summed E-state index contributed by atoms with van der Waals surface area (Å²) in [6.07, 6.45) is 17.8. The smallest absolute Gasteiger partial charge is 0.0751 e. The molecule has 0 radical (unpaired) electrons. The molecule has 3 aliphatic rings. The van der Waals surface area contributed by atoms with E-state index in [0.29, 0.717) is 6.54 Å². The van der Waals surface area contributed by atoms with Crippen LogP contribution in [0.25, 0.3) is 33.6 Å². The van der Waals surface area contributed by atoms with Gasteiger partial charge in [0, 0.05) is 33.5 Å². The molecular formula is C51H41N3. The lowest BCUT2D eigenvalue weighted by Gasteiger charge is -2.20. The Hall–Kier alpha value is -6.58. The molecule has 0 fully saturated rings. The highest BCUT2D eigenvalue weighted by Crippen LogP contribution is 2.44. The molecule has 0 aliphatic heterocycles. The third kappa shape index (κ3) is 6.18. The Labute approximate surface area is 317 Å². The summed E-state index contributed by atoms with van der Waals surface area (Å²) >= 11 is 0. The second kappa shape index (κ2) is 14.4. The highest BCUT2D eigenvalue weighted by Gasteiger charge is 2.32. The van der Waals surface area contributed by atoms with Crippen molar-refractivity contribution in [3.05, 3.63) is 226 Å².